The van der Waals surface area contributed by atoms with Gasteiger partial charge < -0.3 is 4.74 Å². The lowest BCUT2D eigenvalue weighted by atomic mass is 9.81. The number of epoxide rings is 1. The van der Waals surface area contributed by atoms with E-state index >= 15 is 0 Å². The molecule has 1 nitrogen and oxygen atoms in total. The molecule has 1 aromatic rings. The van der Waals surface area contributed by atoms with Crippen LogP contribution in [-0.4, -0.2) is 5.60 Å². The second-order valence-electron chi connectivity index (χ2n) is 4.67. The van der Waals surface area contributed by atoms with E-state index in [1.807, 2.05) is 24.3 Å². The number of hydrogen-bond acceptors (Lipinski definition) is 1. The van der Waals surface area contributed by atoms with Gasteiger partial charge in [-0.25, -0.2) is 0 Å². The second kappa shape index (κ2) is 3.21. The van der Waals surface area contributed by atoms with Crippen molar-refractivity contribution in [3.05, 3.63) is 48.6 Å². The molecule has 0 radical (unpaired) electrons. The fraction of sp³-hybridized carbons (Fsp3) is 0.429. The van der Waals surface area contributed by atoms with Crippen molar-refractivity contribution in [2.75, 3.05) is 0 Å². The predicted octanol–water partition coefficient (Wildman–Crippen LogP) is 3.51. The van der Waals surface area contributed by atoms with E-state index in [9.17, 15) is 0 Å². The van der Waals surface area contributed by atoms with E-state index in [0.717, 1.165) is 0 Å². The van der Waals surface area contributed by atoms with Gasteiger partial charge in [0.15, 0.2) is 0 Å². The van der Waals surface area contributed by atoms with Gasteiger partial charge in [-0.3, -0.25) is 0 Å². The summed E-state index contributed by atoms with van der Waals surface area (Å²) in [5, 5.41) is 0. The minimum atomic E-state index is -0.275. The highest BCUT2D eigenvalue weighted by atomic mass is 16.6. The summed E-state index contributed by atoms with van der Waals surface area (Å²) < 4.78 is 5.97. The first-order valence-corrected chi connectivity index (χ1v) is 5.46. The molecule has 80 valence electrons. The maximum absolute atomic E-state index is 5.97. The quantitative estimate of drug-likeness (QED) is 0.539. The van der Waals surface area contributed by atoms with Crippen molar-refractivity contribution in [3.63, 3.8) is 0 Å². The third-order valence-corrected chi connectivity index (χ3v) is 3.66. The summed E-state index contributed by atoms with van der Waals surface area (Å²) in [6, 6.07) is 10.3. The van der Waals surface area contributed by atoms with Gasteiger partial charge in [0.1, 0.15) is 11.2 Å². The Labute approximate surface area is 91.8 Å². The minimum absolute atomic E-state index is 0.101. The predicted molar refractivity (Wildman–Crippen MR) is 62.6 cm³/mol. The molecule has 1 aliphatic rings. The monoisotopic (exact) mass is 202 g/mol. The molecule has 2 rings (SSSR count). The van der Waals surface area contributed by atoms with Crippen molar-refractivity contribution in [2.45, 2.75) is 32.0 Å². The maximum Gasteiger partial charge on any atom is 0.141 e. The molecule has 0 amide bonds. The molecule has 0 aliphatic carbocycles. The van der Waals surface area contributed by atoms with Crippen LogP contribution in [0.5, 0.6) is 0 Å². The van der Waals surface area contributed by atoms with Gasteiger partial charge in [-0.05, 0) is 18.4 Å². The summed E-state index contributed by atoms with van der Waals surface area (Å²) in [5.41, 5.74) is 0.828. The van der Waals surface area contributed by atoms with Crippen molar-refractivity contribution in [2.24, 2.45) is 5.92 Å². The highest BCUT2D eigenvalue weighted by Gasteiger charge is 2.67. The zero-order chi connectivity index (χ0) is 11.1. The molecule has 0 bridgehead atoms. The van der Waals surface area contributed by atoms with Crippen LogP contribution in [0, 0.1) is 5.92 Å². The van der Waals surface area contributed by atoms with Crippen molar-refractivity contribution >= 4 is 0 Å². The Balaban J connectivity index is 2.40. The lowest BCUT2D eigenvalue weighted by Gasteiger charge is -2.16. The highest BCUT2D eigenvalue weighted by Crippen LogP contribution is 2.60. The van der Waals surface area contributed by atoms with Crippen LogP contribution >= 0.6 is 0 Å². The largest absolute Gasteiger partial charge is 0.353 e. The Bertz CT molecular complexity index is 368. The Morgan fingerprint density at radius 1 is 1.27 bits per heavy atom. The highest BCUT2D eigenvalue weighted by molar-refractivity contribution is 5.38. The van der Waals surface area contributed by atoms with Crippen LogP contribution in [-0.2, 0) is 10.3 Å². The van der Waals surface area contributed by atoms with Crippen molar-refractivity contribution in [3.8, 4) is 0 Å². The summed E-state index contributed by atoms with van der Waals surface area (Å²) >= 11 is 0. The third kappa shape index (κ3) is 1.26. The number of rotatable bonds is 3. The van der Waals surface area contributed by atoms with E-state index in [0.29, 0.717) is 5.92 Å². The van der Waals surface area contributed by atoms with Crippen LogP contribution in [0.15, 0.2) is 43.0 Å². The first kappa shape index (κ1) is 10.4. The van der Waals surface area contributed by atoms with Crippen LogP contribution in [0.25, 0.3) is 0 Å². The second-order valence-corrected chi connectivity index (χ2v) is 4.67. The smallest absolute Gasteiger partial charge is 0.141 e. The fourth-order valence-electron chi connectivity index (χ4n) is 2.25. The fourth-order valence-corrected chi connectivity index (χ4v) is 2.25. The lowest BCUT2D eigenvalue weighted by molar-refractivity contribution is 0.247. The van der Waals surface area contributed by atoms with Crippen LogP contribution in [0.1, 0.15) is 26.3 Å². The SMILES string of the molecule is C=C[C@]1(c2ccccc2)O[C@@]1(C)C(C)C. The molecular weight excluding hydrogens is 184 g/mol. The summed E-state index contributed by atoms with van der Waals surface area (Å²) in [6.45, 7) is 10.5. The summed E-state index contributed by atoms with van der Waals surface area (Å²) in [5.74, 6) is 0.482. The number of benzene rings is 1. The molecule has 15 heavy (non-hydrogen) atoms. The molecule has 0 aromatic heterocycles. The molecule has 1 heteroatoms. The van der Waals surface area contributed by atoms with Gasteiger partial charge in [0, 0.05) is 0 Å². The topological polar surface area (TPSA) is 12.5 Å². The first-order valence-electron chi connectivity index (χ1n) is 5.46. The van der Waals surface area contributed by atoms with Crippen molar-refractivity contribution < 1.29 is 4.74 Å². The van der Waals surface area contributed by atoms with E-state index in [1.165, 1.54) is 5.56 Å². The van der Waals surface area contributed by atoms with E-state index in [4.69, 9.17) is 4.74 Å². The zero-order valence-corrected chi connectivity index (χ0v) is 9.66. The molecule has 0 saturated carbocycles. The molecule has 2 atom stereocenters. The summed E-state index contributed by atoms with van der Waals surface area (Å²) in [6.07, 6.45) is 1.93. The maximum atomic E-state index is 5.97. The lowest BCUT2D eigenvalue weighted by Crippen LogP contribution is -2.24. The first-order chi connectivity index (χ1) is 7.07. The van der Waals surface area contributed by atoms with Gasteiger partial charge in [0.25, 0.3) is 0 Å². The third-order valence-electron chi connectivity index (χ3n) is 3.66. The average Bonchev–Trinajstić information content (AvgIpc) is 2.89. The van der Waals surface area contributed by atoms with Gasteiger partial charge >= 0.3 is 0 Å². The Kier molecular flexibility index (Phi) is 2.23. The summed E-state index contributed by atoms with van der Waals surface area (Å²) in [7, 11) is 0. The van der Waals surface area contributed by atoms with Crippen LogP contribution < -0.4 is 0 Å². The van der Waals surface area contributed by atoms with E-state index < -0.39 is 0 Å². The van der Waals surface area contributed by atoms with Crippen LogP contribution in [0.2, 0.25) is 0 Å². The molecular formula is C14H18O. The van der Waals surface area contributed by atoms with E-state index in [2.05, 4.69) is 39.5 Å². The molecule has 0 N–H and O–H groups in total. The molecule has 1 saturated heterocycles. The van der Waals surface area contributed by atoms with E-state index in [-0.39, 0.29) is 11.2 Å². The van der Waals surface area contributed by atoms with Gasteiger partial charge in [-0.1, -0.05) is 56.8 Å². The van der Waals surface area contributed by atoms with Crippen LogP contribution in [0.3, 0.4) is 0 Å². The standard InChI is InChI=1S/C14H18O/c1-5-14(12-9-7-6-8-10-12)13(4,15-14)11(2)3/h5-11H,1H2,2-4H3/t13-,14+/m0/s1. The normalized spacial score (nSPS) is 34.1. The van der Waals surface area contributed by atoms with Crippen molar-refractivity contribution in [1.82, 2.24) is 0 Å². The molecule has 1 aliphatic heterocycles. The summed E-state index contributed by atoms with van der Waals surface area (Å²) in [4.78, 5) is 0. The number of ether oxygens (including phenoxy) is 1. The molecule has 0 unspecified atom stereocenters. The molecule has 1 heterocycles. The minimum Gasteiger partial charge on any atom is -0.353 e. The zero-order valence-electron chi connectivity index (χ0n) is 9.66. The van der Waals surface area contributed by atoms with Gasteiger partial charge in [0.2, 0.25) is 0 Å². The average molecular weight is 202 g/mol. The molecule has 1 aromatic carbocycles. The Hall–Kier alpha value is -1.08. The number of hydrogen-bond donors (Lipinski definition) is 0. The van der Waals surface area contributed by atoms with Gasteiger partial charge in [0.05, 0.1) is 0 Å². The van der Waals surface area contributed by atoms with Gasteiger partial charge in [-0.2, -0.15) is 0 Å². The molecule has 1 fully saturated rings. The van der Waals surface area contributed by atoms with E-state index in [1.54, 1.807) is 0 Å². The Morgan fingerprint density at radius 3 is 2.27 bits per heavy atom. The van der Waals surface area contributed by atoms with Crippen LogP contribution in [0.4, 0.5) is 0 Å². The van der Waals surface area contributed by atoms with Gasteiger partial charge in [-0.15, -0.1) is 0 Å². The molecule has 0 spiro atoms. The Morgan fingerprint density at radius 2 is 1.87 bits per heavy atom. The van der Waals surface area contributed by atoms with Crippen molar-refractivity contribution in [1.29, 1.82) is 0 Å².